The second kappa shape index (κ2) is 26.4. The van der Waals surface area contributed by atoms with Crippen molar-refractivity contribution in [1.82, 2.24) is 34.6 Å². The number of imidazole rings is 1. The van der Waals surface area contributed by atoms with Crippen LogP contribution in [-0.4, -0.2) is 146 Å². The Balaban J connectivity index is 1.42. The molecule has 0 aliphatic carbocycles. The maximum absolute atomic E-state index is 14.7. The van der Waals surface area contributed by atoms with E-state index in [9.17, 15) is 29.1 Å². The Morgan fingerprint density at radius 1 is 0.884 bits per heavy atom. The number of carbonyl (C=O) groups excluding carboxylic acids is 5. The van der Waals surface area contributed by atoms with Crippen LogP contribution >= 0.6 is 21.6 Å². The molecule has 2 N–H and O–H groups in total. The summed E-state index contributed by atoms with van der Waals surface area (Å²) in [6.45, 7) is 19.8. The quantitative estimate of drug-likeness (QED) is 0.0690. The van der Waals surface area contributed by atoms with Crippen molar-refractivity contribution in [2.75, 3.05) is 41.5 Å². The zero-order chi connectivity index (χ0) is 51.3. The number of hydrogen-bond acceptors (Lipinski definition) is 14. The van der Waals surface area contributed by atoms with Gasteiger partial charge in [0.05, 0.1) is 47.6 Å². The van der Waals surface area contributed by atoms with Crippen molar-refractivity contribution in [1.29, 1.82) is 0 Å². The molecule has 4 rings (SSSR count). The Morgan fingerprint density at radius 3 is 2.14 bits per heavy atom. The molecule has 0 spiro atoms. The van der Waals surface area contributed by atoms with Gasteiger partial charge in [0.25, 0.3) is 0 Å². The lowest BCUT2D eigenvalue weighted by Gasteiger charge is -2.41. The summed E-state index contributed by atoms with van der Waals surface area (Å²) in [7, 11) is 9.27. The third-order valence-electron chi connectivity index (χ3n) is 13.8. The minimum Gasteiger partial charge on any atom is -0.448 e. The van der Waals surface area contributed by atoms with Gasteiger partial charge in [-0.3, -0.25) is 19.2 Å². The lowest BCUT2D eigenvalue weighted by atomic mass is 9.83. The third-order valence-corrected chi connectivity index (χ3v) is 16.8. The van der Waals surface area contributed by atoms with Crippen molar-refractivity contribution >= 4 is 62.4 Å². The molecule has 1 fully saturated rings. The van der Waals surface area contributed by atoms with Crippen LogP contribution in [0.5, 0.6) is 0 Å². The number of nitrogens with zero attached hydrogens (tertiary/aromatic N) is 6. The molecule has 10 atom stereocenters. The molecule has 3 amide bonds. The molecule has 2 aromatic heterocycles. The van der Waals surface area contributed by atoms with E-state index in [4.69, 9.17) is 14.2 Å². The number of fused-ring (bicyclic) bond motifs is 1. The number of aromatic amines is 1. The number of methoxy groups -OCH3 is 2. The highest BCUT2D eigenvalue weighted by Gasteiger charge is 2.44. The van der Waals surface area contributed by atoms with Gasteiger partial charge in [0.2, 0.25) is 11.8 Å². The second-order valence-electron chi connectivity index (χ2n) is 20.2. The molecule has 1 aromatic carbocycles. The number of H-pyrrole nitrogens is 1. The van der Waals surface area contributed by atoms with Crippen LogP contribution in [-0.2, 0) is 33.4 Å². The number of carbonyl (C=O) groups is 5. The highest BCUT2D eigenvalue weighted by atomic mass is 33.1. The average Bonchev–Trinajstić information content (AvgIpc) is 3.99. The number of likely N-dealkylation sites (N-methyl/N-ethyl adjacent to an activating group) is 2. The molecule has 1 aliphatic rings. The predicted molar refractivity (Wildman–Crippen MR) is 271 cm³/mol. The highest BCUT2D eigenvalue weighted by molar-refractivity contribution is 8.77. The van der Waals surface area contributed by atoms with Crippen molar-refractivity contribution in [3.63, 3.8) is 0 Å². The normalized spacial score (nSPS) is 18.3. The van der Waals surface area contributed by atoms with Crippen molar-refractivity contribution in [3.8, 4) is 0 Å². The summed E-state index contributed by atoms with van der Waals surface area (Å²) in [6, 6.07) is 7.60. The van der Waals surface area contributed by atoms with E-state index in [0.29, 0.717) is 35.8 Å². The number of rotatable bonds is 27. The van der Waals surface area contributed by atoms with E-state index >= 15 is 0 Å². The minimum absolute atomic E-state index is 0.00480. The molecule has 0 unspecified atom stereocenters. The lowest BCUT2D eigenvalue weighted by Crippen LogP contribution is -2.54. The standard InChI is InChI=1S/C51H79N7O9S2/c1-15-32(6)43(40(65-13)28-41(61)58-25-19-22-37(58)45(66-14)34(8)38(59)26-33(7)44(62)35-20-17-16-18-21-35)56(11)48(63)36(30(2)3)27-39(60)42(31(4)5)57(12)50(64)67-29-51(9,10)69-68-49-54-46-47(55-49)53-24-23-52-46/h16-18,20-21,23-24,30-34,36-37,40,42-45,62H,15,19,22,25-29H2,1-14H3,(H,52,53,54,55)/t32-,33-,34-,36-,37-,40+,42-,43-,44+,45+/m0/s1. The molecule has 1 saturated heterocycles. The van der Waals surface area contributed by atoms with E-state index in [2.05, 4.69) is 19.9 Å². The van der Waals surface area contributed by atoms with Crippen LogP contribution in [0.15, 0.2) is 47.9 Å². The largest absolute Gasteiger partial charge is 0.448 e. The number of ketones is 2. The molecule has 0 bridgehead atoms. The molecule has 0 radical (unpaired) electrons. The Labute approximate surface area is 417 Å². The van der Waals surface area contributed by atoms with Gasteiger partial charge in [-0.15, -0.1) is 0 Å². The Kier molecular flexibility index (Phi) is 22.0. The molecule has 3 heterocycles. The van der Waals surface area contributed by atoms with E-state index in [1.165, 1.54) is 26.5 Å². The second-order valence-corrected chi connectivity index (χ2v) is 23.0. The third kappa shape index (κ3) is 15.2. The van der Waals surface area contributed by atoms with Crippen LogP contribution in [0.2, 0.25) is 0 Å². The monoisotopic (exact) mass is 998 g/mol. The zero-order valence-corrected chi connectivity index (χ0v) is 45.0. The number of Topliss-reactive ketones (excluding diaryl/α,β-unsaturated/α-hetero) is 2. The molecular weight excluding hydrogens is 919 g/mol. The molecule has 384 valence electrons. The average molecular weight is 998 g/mol. The number of aromatic nitrogens is 4. The van der Waals surface area contributed by atoms with Crippen LogP contribution in [0.1, 0.15) is 119 Å². The number of hydrogen-bond donors (Lipinski definition) is 2. The topological polar surface area (TPSA) is 197 Å². The first kappa shape index (κ1) is 57.5. The number of aliphatic hydroxyl groups is 1. The van der Waals surface area contributed by atoms with Gasteiger partial charge in [0, 0.05) is 71.9 Å². The van der Waals surface area contributed by atoms with Crippen molar-refractivity contribution in [3.05, 3.63) is 48.3 Å². The molecule has 1 aliphatic heterocycles. The van der Waals surface area contributed by atoms with Crippen molar-refractivity contribution < 1.29 is 43.3 Å². The molecule has 16 nitrogen and oxygen atoms in total. The SMILES string of the molecule is CC[C@H](C)[C@@H]([C@@H](CC(=O)N1CCC[C@H]1[C@H](OC)[C@@H](C)C(=O)C[C@H](C)[C@@H](O)c1ccccc1)OC)N(C)C(=O)[C@@H](CC(=O)[C@H](C(C)C)N(C)C(=O)OCC(C)(C)SSc1nc2nccnc2[nH]1)C(C)C. The van der Waals surface area contributed by atoms with Gasteiger partial charge in [-0.1, -0.05) is 103 Å². The summed E-state index contributed by atoms with van der Waals surface area (Å²) in [5.74, 6) is -2.83. The number of amides is 3. The lowest BCUT2D eigenvalue weighted by molar-refractivity contribution is -0.149. The van der Waals surface area contributed by atoms with Gasteiger partial charge >= 0.3 is 6.09 Å². The molecule has 3 aromatic rings. The smallest absolute Gasteiger partial charge is 0.410 e. The fraction of sp³-hybridized carbons (Fsp3) is 0.686. The van der Waals surface area contributed by atoms with Crippen molar-refractivity contribution in [2.45, 2.75) is 154 Å². The highest BCUT2D eigenvalue weighted by Crippen LogP contribution is 2.40. The first-order valence-corrected chi connectivity index (χ1v) is 26.5. The van der Waals surface area contributed by atoms with Gasteiger partial charge in [-0.25, -0.2) is 19.7 Å². The summed E-state index contributed by atoms with van der Waals surface area (Å²) in [5.41, 5.74) is 1.85. The van der Waals surface area contributed by atoms with Crippen LogP contribution in [0, 0.1) is 35.5 Å². The number of ether oxygens (including phenoxy) is 3. The maximum atomic E-state index is 14.7. The molecular formula is C51H79N7O9S2. The maximum Gasteiger partial charge on any atom is 0.410 e. The molecule has 0 saturated carbocycles. The zero-order valence-electron chi connectivity index (χ0n) is 43.3. The number of benzene rings is 1. The Morgan fingerprint density at radius 2 is 1.55 bits per heavy atom. The summed E-state index contributed by atoms with van der Waals surface area (Å²) >= 11 is 0. The summed E-state index contributed by atoms with van der Waals surface area (Å²) in [5, 5.41) is 11.6. The first-order valence-electron chi connectivity index (χ1n) is 24.4. The van der Waals surface area contributed by atoms with E-state index in [1.54, 1.807) is 45.6 Å². The van der Waals surface area contributed by atoms with Gasteiger partial charge in [0.15, 0.2) is 22.2 Å². The van der Waals surface area contributed by atoms with E-state index in [-0.39, 0.29) is 79.0 Å². The van der Waals surface area contributed by atoms with Crippen LogP contribution in [0.4, 0.5) is 4.79 Å². The van der Waals surface area contributed by atoms with Crippen LogP contribution < -0.4 is 0 Å². The van der Waals surface area contributed by atoms with Gasteiger partial charge in [-0.05, 0) is 66.7 Å². The summed E-state index contributed by atoms with van der Waals surface area (Å²) < 4.78 is 17.4. The predicted octanol–water partition coefficient (Wildman–Crippen LogP) is 8.45. The fourth-order valence-corrected chi connectivity index (χ4v) is 11.5. The molecule has 69 heavy (non-hydrogen) atoms. The number of aliphatic hydroxyl groups excluding tert-OH is 1. The minimum atomic E-state index is -0.848. The Hall–Kier alpha value is -4.10. The van der Waals surface area contributed by atoms with E-state index in [0.717, 1.165) is 12.0 Å². The van der Waals surface area contributed by atoms with E-state index < -0.39 is 53.1 Å². The first-order chi connectivity index (χ1) is 32.6. The van der Waals surface area contributed by atoms with Gasteiger partial charge in [-0.2, -0.15) is 0 Å². The van der Waals surface area contributed by atoms with Crippen LogP contribution in [0.3, 0.4) is 0 Å². The Bertz CT molecular complexity index is 2110. The van der Waals surface area contributed by atoms with Gasteiger partial charge < -0.3 is 39.0 Å². The van der Waals surface area contributed by atoms with E-state index in [1.807, 2.05) is 104 Å². The fourth-order valence-electron chi connectivity index (χ4n) is 9.57. The summed E-state index contributed by atoms with van der Waals surface area (Å²) in [4.78, 5) is 91.6. The summed E-state index contributed by atoms with van der Waals surface area (Å²) in [6.07, 6.45) is 2.67. The number of likely N-dealkylation sites (tertiary alicyclic amines) is 1. The van der Waals surface area contributed by atoms with Gasteiger partial charge in [0.1, 0.15) is 12.4 Å². The van der Waals surface area contributed by atoms with Crippen LogP contribution in [0.25, 0.3) is 11.3 Å². The molecule has 18 heteroatoms. The van der Waals surface area contributed by atoms with Crippen molar-refractivity contribution in [2.24, 2.45) is 35.5 Å². The number of nitrogens with one attached hydrogen (secondary N) is 1.